The van der Waals surface area contributed by atoms with E-state index < -0.39 is 8.32 Å². The van der Waals surface area contributed by atoms with E-state index in [1.165, 1.54) is 76.7 Å². The summed E-state index contributed by atoms with van der Waals surface area (Å²) in [6.07, 6.45) is 23.1. The summed E-state index contributed by atoms with van der Waals surface area (Å²) >= 11 is 0. The highest BCUT2D eigenvalue weighted by Crippen LogP contribution is 2.22. The van der Waals surface area contributed by atoms with E-state index in [0.717, 1.165) is 55.0 Å². The Morgan fingerprint density at radius 1 is 0.711 bits per heavy atom. The van der Waals surface area contributed by atoms with Gasteiger partial charge in [0.25, 0.3) is 0 Å². The zero-order valence-electron chi connectivity index (χ0n) is 25.3. The van der Waals surface area contributed by atoms with Crippen LogP contribution in [0, 0.1) is 0 Å². The van der Waals surface area contributed by atoms with Gasteiger partial charge in [-0.05, 0) is 63.0 Å². The van der Waals surface area contributed by atoms with Gasteiger partial charge < -0.3 is 9.16 Å². The van der Waals surface area contributed by atoms with Crippen LogP contribution in [0.4, 0.5) is 0 Å². The van der Waals surface area contributed by atoms with Crippen LogP contribution >= 0.6 is 0 Å². The van der Waals surface area contributed by atoms with Gasteiger partial charge in [0, 0.05) is 30.5 Å². The second-order valence-corrected chi connectivity index (χ2v) is 15.9. The van der Waals surface area contributed by atoms with Gasteiger partial charge in [0.05, 0.1) is 6.61 Å². The molecule has 0 spiro atoms. The van der Waals surface area contributed by atoms with Crippen LogP contribution in [0.2, 0.25) is 19.1 Å². The van der Waals surface area contributed by atoms with Crippen LogP contribution in [0.1, 0.15) is 116 Å². The van der Waals surface area contributed by atoms with E-state index in [1.807, 2.05) is 12.4 Å². The minimum Gasteiger partial charge on any atom is -0.494 e. The molecule has 0 saturated heterocycles. The average Bonchev–Trinajstić information content (AvgIpc) is 2.91. The van der Waals surface area contributed by atoms with Crippen LogP contribution < -0.4 is 4.74 Å². The maximum Gasteiger partial charge on any atom is 0.187 e. The zero-order valence-corrected chi connectivity index (χ0v) is 26.3. The predicted molar refractivity (Wildman–Crippen MR) is 165 cm³/mol. The van der Waals surface area contributed by atoms with Gasteiger partial charge in [0.2, 0.25) is 0 Å². The molecule has 38 heavy (non-hydrogen) atoms. The van der Waals surface area contributed by atoms with E-state index in [9.17, 15) is 0 Å². The summed E-state index contributed by atoms with van der Waals surface area (Å²) in [4.78, 5) is 9.25. The minimum atomic E-state index is -1.49. The predicted octanol–water partition coefficient (Wildman–Crippen LogP) is 10.2. The summed E-state index contributed by atoms with van der Waals surface area (Å²) in [5.74, 6) is 1.89. The maximum absolute atomic E-state index is 6.42. The van der Waals surface area contributed by atoms with Crippen LogP contribution in [-0.4, -0.2) is 31.0 Å². The lowest BCUT2D eigenvalue weighted by Crippen LogP contribution is -2.34. The molecule has 4 nitrogen and oxygen atoms in total. The maximum atomic E-state index is 6.42. The Kier molecular flexibility index (Phi) is 16.5. The first kappa shape index (κ1) is 32.5. The van der Waals surface area contributed by atoms with Crippen LogP contribution in [0.3, 0.4) is 0 Å². The molecular weight excluding hydrogens is 484 g/mol. The van der Waals surface area contributed by atoms with Gasteiger partial charge >= 0.3 is 0 Å². The minimum absolute atomic E-state index is 0.381. The number of unbranched alkanes of at least 4 members (excludes halogenated alkanes) is 10. The molecule has 1 heterocycles. The summed E-state index contributed by atoms with van der Waals surface area (Å²) in [6, 6.07) is 9.62. The molecule has 0 aliphatic carbocycles. The van der Waals surface area contributed by atoms with E-state index in [4.69, 9.17) is 9.16 Å². The first-order valence-corrected chi connectivity index (χ1v) is 18.8. The molecule has 0 aliphatic heterocycles. The summed E-state index contributed by atoms with van der Waals surface area (Å²) < 4.78 is 12.4. The normalized spacial score (nSPS) is 12.6. The van der Waals surface area contributed by atoms with Crippen molar-refractivity contribution < 1.29 is 9.16 Å². The van der Waals surface area contributed by atoms with Crippen molar-refractivity contribution in [2.45, 2.75) is 142 Å². The molecule has 0 aliphatic rings. The lowest BCUT2D eigenvalue weighted by Gasteiger charge is -2.27. The molecular formula is C33H56N2O2Si. The van der Waals surface area contributed by atoms with Gasteiger partial charge in [-0.2, -0.15) is 0 Å². The van der Waals surface area contributed by atoms with Crippen LogP contribution in [0.15, 0.2) is 36.7 Å². The molecule has 1 unspecified atom stereocenters. The Bertz CT molecular complexity index is 839. The van der Waals surface area contributed by atoms with Crippen LogP contribution in [-0.2, 0) is 10.8 Å². The Morgan fingerprint density at radius 3 is 1.97 bits per heavy atom. The molecule has 0 radical (unpaired) electrons. The molecule has 1 atom stereocenters. The number of aryl methyl sites for hydroxylation is 1. The first-order chi connectivity index (χ1) is 18.4. The fraction of sp³-hybridized carbons (Fsp3) is 0.697. The third-order valence-corrected chi connectivity index (χ3v) is 9.92. The number of aromatic nitrogens is 2. The molecule has 0 bridgehead atoms. The lowest BCUT2D eigenvalue weighted by atomic mass is 10.1. The number of hydrogen-bond donors (Lipinski definition) is 0. The Balaban J connectivity index is 1.60. The van der Waals surface area contributed by atoms with E-state index in [1.54, 1.807) is 0 Å². The van der Waals surface area contributed by atoms with Gasteiger partial charge in [-0.15, -0.1) is 0 Å². The number of nitrogens with zero attached hydrogens (tertiary/aromatic N) is 2. The Morgan fingerprint density at radius 2 is 1.32 bits per heavy atom. The third kappa shape index (κ3) is 14.4. The van der Waals surface area contributed by atoms with E-state index >= 15 is 0 Å². The van der Waals surface area contributed by atoms with Gasteiger partial charge in [0.15, 0.2) is 8.32 Å². The summed E-state index contributed by atoms with van der Waals surface area (Å²) in [7, 11) is -1.49. The molecule has 214 valence electrons. The zero-order chi connectivity index (χ0) is 27.5. The average molecular weight is 541 g/mol. The SMILES string of the molecule is CCCCCCCCCCOc1ccc(-c2cnc(CCCCCC(C)O[Si](C)(C)CCCC)nc2)cc1. The number of benzene rings is 1. The van der Waals surface area contributed by atoms with Gasteiger partial charge in [-0.3, -0.25) is 0 Å². The van der Waals surface area contributed by atoms with Gasteiger partial charge in [0.1, 0.15) is 11.6 Å². The molecule has 0 saturated carbocycles. The molecule has 2 aromatic rings. The van der Waals surface area contributed by atoms with Crippen LogP contribution in [0.5, 0.6) is 5.75 Å². The monoisotopic (exact) mass is 540 g/mol. The quantitative estimate of drug-likeness (QED) is 0.110. The second kappa shape index (κ2) is 19.4. The first-order valence-electron chi connectivity index (χ1n) is 15.7. The van der Waals surface area contributed by atoms with Crippen molar-refractivity contribution in [2.24, 2.45) is 0 Å². The molecule has 1 aromatic heterocycles. The standard InChI is InChI=1S/C33H56N2O2Si/c1-6-8-10-11-12-13-14-18-25-36-32-23-21-30(22-24-32)31-27-34-33(35-28-31)20-17-15-16-19-29(3)37-38(4,5)26-9-7-2/h21-24,27-29H,6-20,25-26H2,1-5H3. The van der Waals surface area contributed by atoms with E-state index in [2.05, 4.69) is 68.1 Å². The third-order valence-electron chi connectivity index (χ3n) is 7.32. The number of rotatable bonds is 22. The molecule has 5 heteroatoms. The van der Waals surface area contributed by atoms with E-state index in [-0.39, 0.29) is 0 Å². The van der Waals surface area contributed by atoms with Crippen molar-refractivity contribution in [1.29, 1.82) is 0 Å². The van der Waals surface area contributed by atoms with Crippen molar-refractivity contribution in [1.82, 2.24) is 9.97 Å². The number of hydrogen-bond acceptors (Lipinski definition) is 4. The van der Waals surface area contributed by atoms with Crippen molar-refractivity contribution in [3.05, 3.63) is 42.5 Å². The Hall–Kier alpha value is -1.72. The highest BCUT2D eigenvalue weighted by molar-refractivity contribution is 6.71. The van der Waals surface area contributed by atoms with E-state index in [0.29, 0.717) is 6.10 Å². The van der Waals surface area contributed by atoms with Crippen molar-refractivity contribution in [3.63, 3.8) is 0 Å². The highest BCUT2D eigenvalue weighted by Gasteiger charge is 2.23. The summed E-state index contributed by atoms with van der Waals surface area (Å²) in [6.45, 7) is 12.3. The van der Waals surface area contributed by atoms with Crippen molar-refractivity contribution >= 4 is 8.32 Å². The van der Waals surface area contributed by atoms with Crippen LogP contribution in [0.25, 0.3) is 11.1 Å². The summed E-state index contributed by atoms with van der Waals surface area (Å²) in [5, 5.41) is 0. The molecule has 1 aromatic carbocycles. The second-order valence-electron chi connectivity index (χ2n) is 11.6. The Labute approximate surface area is 235 Å². The molecule has 0 amide bonds. The van der Waals surface area contributed by atoms with Gasteiger partial charge in [-0.1, -0.05) is 96.6 Å². The fourth-order valence-electron chi connectivity index (χ4n) is 4.96. The fourth-order valence-corrected chi connectivity index (χ4v) is 7.49. The topological polar surface area (TPSA) is 44.2 Å². The van der Waals surface area contributed by atoms with Crippen molar-refractivity contribution in [2.75, 3.05) is 6.61 Å². The highest BCUT2D eigenvalue weighted by atomic mass is 28.4. The van der Waals surface area contributed by atoms with Gasteiger partial charge in [-0.25, -0.2) is 9.97 Å². The molecule has 0 N–H and O–H groups in total. The molecule has 2 rings (SSSR count). The smallest absolute Gasteiger partial charge is 0.187 e. The number of ether oxygens (including phenoxy) is 1. The largest absolute Gasteiger partial charge is 0.494 e. The molecule has 0 fully saturated rings. The summed E-state index contributed by atoms with van der Waals surface area (Å²) in [5.41, 5.74) is 2.19. The lowest BCUT2D eigenvalue weighted by molar-refractivity contribution is 0.195. The van der Waals surface area contributed by atoms with Crippen molar-refractivity contribution in [3.8, 4) is 16.9 Å².